The summed E-state index contributed by atoms with van der Waals surface area (Å²) in [5, 5.41) is 4.19. The van der Waals surface area contributed by atoms with Gasteiger partial charge >= 0.3 is 0 Å². The van der Waals surface area contributed by atoms with Crippen molar-refractivity contribution in [2.45, 2.75) is 19.3 Å². The van der Waals surface area contributed by atoms with Gasteiger partial charge in [0.2, 0.25) is 5.91 Å². The number of rotatable bonds is 1. The summed E-state index contributed by atoms with van der Waals surface area (Å²) in [6, 6.07) is 6.18. The molecule has 0 saturated heterocycles. The van der Waals surface area contributed by atoms with Crippen molar-refractivity contribution in [2.24, 2.45) is 7.05 Å². The fourth-order valence-electron chi connectivity index (χ4n) is 2.73. The number of aryl methyl sites for hydroxylation is 1. The lowest BCUT2D eigenvalue weighted by atomic mass is 9.85. The van der Waals surface area contributed by atoms with Crippen LogP contribution in [0.15, 0.2) is 30.6 Å². The van der Waals surface area contributed by atoms with Crippen molar-refractivity contribution in [3.8, 4) is 11.1 Å². The van der Waals surface area contributed by atoms with Crippen molar-refractivity contribution in [3.05, 3.63) is 36.2 Å². The molecule has 0 saturated carbocycles. The first kappa shape index (κ1) is 12.0. The van der Waals surface area contributed by atoms with Crippen LogP contribution in [0.5, 0.6) is 0 Å². The number of hydrogen-bond donors (Lipinski definition) is 0. The van der Waals surface area contributed by atoms with Crippen molar-refractivity contribution in [1.29, 1.82) is 0 Å². The maximum atomic E-state index is 12.2. The molecule has 1 aromatic carbocycles. The first-order chi connectivity index (χ1) is 8.91. The lowest BCUT2D eigenvalue weighted by molar-refractivity contribution is -0.121. The van der Waals surface area contributed by atoms with Gasteiger partial charge in [-0.3, -0.25) is 9.48 Å². The molecule has 1 aliphatic rings. The molecule has 0 fully saturated rings. The maximum Gasteiger partial charge on any atom is 0.236 e. The van der Waals surface area contributed by atoms with E-state index in [4.69, 9.17) is 0 Å². The summed E-state index contributed by atoms with van der Waals surface area (Å²) in [5.41, 5.74) is 3.81. The van der Waals surface area contributed by atoms with E-state index in [9.17, 15) is 4.79 Å². The normalized spacial score (nSPS) is 16.8. The average molecular weight is 255 g/mol. The molecular weight excluding hydrogens is 238 g/mol. The van der Waals surface area contributed by atoms with Gasteiger partial charge in [0.15, 0.2) is 0 Å². The predicted octanol–water partition coefficient (Wildman–Crippen LogP) is 2.34. The number of nitrogens with zero attached hydrogens (tertiary/aromatic N) is 3. The van der Waals surface area contributed by atoms with Gasteiger partial charge in [-0.25, -0.2) is 0 Å². The van der Waals surface area contributed by atoms with Gasteiger partial charge in [-0.2, -0.15) is 5.10 Å². The second kappa shape index (κ2) is 3.70. The molecule has 1 aromatic heterocycles. The number of hydrogen-bond acceptors (Lipinski definition) is 2. The standard InChI is InChI=1S/C15H17N3O/c1-15(2)12-6-5-10(11-8-16-17(3)9-11)7-13(12)18(4)14(15)19/h5-9H,1-4H3. The quantitative estimate of drug-likeness (QED) is 0.784. The van der Waals surface area contributed by atoms with Gasteiger partial charge in [0.05, 0.1) is 11.6 Å². The van der Waals surface area contributed by atoms with Gasteiger partial charge in [-0.1, -0.05) is 12.1 Å². The van der Waals surface area contributed by atoms with Crippen molar-refractivity contribution in [1.82, 2.24) is 9.78 Å². The van der Waals surface area contributed by atoms with Crippen LogP contribution in [0.1, 0.15) is 19.4 Å². The SMILES string of the molecule is CN1C(=O)C(C)(C)c2ccc(-c3cnn(C)c3)cc21. The molecule has 0 radical (unpaired) electrons. The number of carbonyl (C=O) groups excluding carboxylic acids is 1. The lowest BCUT2D eigenvalue weighted by Gasteiger charge is -2.16. The van der Waals surface area contributed by atoms with E-state index in [0.29, 0.717) is 0 Å². The Kier molecular flexibility index (Phi) is 2.33. The third-order valence-corrected chi connectivity index (χ3v) is 3.91. The number of fused-ring (bicyclic) bond motifs is 1. The molecule has 0 atom stereocenters. The highest BCUT2D eigenvalue weighted by Gasteiger charge is 2.42. The van der Waals surface area contributed by atoms with Crippen LogP contribution in [0, 0.1) is 0 Å². The monoisotopic (exact) mass is 255 g/mol. The van der Waals surface area contributed by atoms with E-state index in [1.165, 1.54) is 0 Å². The number of aromatic nitrogens is 2. The van der Waals surface area contributed by atoms with Gasteiger partial charge in [-0.15, -0.1) is 0 Å². The average Bonchev–Trinajstić information content (AvgIpc) is 2.88. The highest BCUT2D eigenvalue weighted by Crippen LogP contribution is 2.42. The summed E-state index contributed by atoms with van der Waals surface area (Å²) in [6.45, 7) is 3.95. The summed E-state index contributed by atoms with van der Waals surface area (Å²) < 4.78 is 1.78. The van der Waals surface area contributed by atoms with Crippen molar-refractivity contribution in [2.75, 3.05) is 11.9 Å². The summed E-state index contributed by atoms with van der Waals surface area (Å²) in [5.74, 6) is 0.144. The topological polar surface area (TPSA) is 38.1 Å². The fourth-order valence-corrected chi connectivity index (χ4v) is 2.73. The van der Waals surface area contributed by atoms with E-state index in [2.05, 4.69) is 23.3 Å². The number of amides is 1. The molecule has 2 heterocycles. The molecule has 0 bridgehead atoms. The van der Waals surface area contributed by atoms with Crippen LogP contribution in [-0.2, 0) is 17.3 Å². The molecule has 0 spiro atoms. The number of benzene rings is 1. The van der Waals surface area contributed by atoms with E-state index in [1.807, 2.05) is 40.3 Å². The minimum absolute atomic E-state index is 0.144. The van der Waals surface area contributed by atoms with E-state index in [-0.39, 0.29) is 5.91 Å². The Hall–Kier alpha value is -2.10. The number of anilines is 1. The molecule has 98 valence electrons. The molecule has 4 heteroatoms. The minimum Gasteiger partial charge on any atom is -0.314 e. The number of likely N-dealkylation sites (N-methyl/N-ethyl adjacent to an activating group) is 1. The molecule has 2 aromatic rings. The van der Waals surface area contributed by atoms with Crippen LogP contribution in [-0.4, -0.2) is 22.7 Å². The molecule has 3 rings (SSSR count). The van der Waals surface area contributed by atoms with E-state index in [1.54, 1.807) is 9.58 Å². The van der Waals surface area contributed by atoms with Gasteiger partial charge in [0.25, 0.3) is 0 Å². The van der Waals surface area contributed by atoms with Crippen LogP contribution in [0.2, 0.25) is 0 Å². The van der Waals surface area contributed by atoms with Gasteiger partial charge in [0.1, 0.15) is 0 Å². The zero-order valence-corrected chi connectivity index (χ0v) is 11.6. The highest BCUT2D eigenvalue weighted by atomic mass is 16.2. The summed E-state index contributed by atoms with van der Waals surface area (Å²) >= 11 is 0. The van der Waals surface area contributed by atoms with E-state index in [0.717, 1.165) is 22.4 Å². The molecule has 0 aliphatic carbocycles. The van der Waals surface area contributed by atoms with Crippen LogP contribution in [0.4, 0.5) is 5.69 Å². The maximum absolute atomic E-state index is 12.2. The third-order valence-electron chi connectivity index (χ3n) is 3.91. The second-order valence-electron chi connectivity index (χ2n) is 5.62. The second-order valence-corrected chi connectivity index (χ2v) is 5.62. The van der Waals surface area contributed by atoms with Crippen LogP contribution >= 0.6 is 0 Å². The van der Waals surface area contributed by atoms with Crippen molar-refractivity contribution in [3.63, 3.8) is 0 Å². The third kappa shape index (κ3) is 1.59. The van der Waals surface area contributed by atoms with Crippen LogP contribution in [0.3, 0.4) is 0 Å². The fraction of sp³-hybridized carbons (Fsp3) is 0.333. The van der Waals surface area contributed by atoms with Crippen LogP contribution < -0.4 is 4.90 Å². The van der Waals surface area contributed by atoms with E-state index >= 15 is 0 Å². The Morgan fingerprint density at radius 1 is 1.16 bits per heavy atom. The zero-order valence-electron chi connectivity index (χ0n) is 11.6. The Bertz CT molecular complexity index is 670. The minimum atomic E-state index is -0.433. The Balaban J connectivity index is 2.14. The first-order valence-corrected chi connectivity index (χ1v) is 6.33. The molecule has 0 unspecified atom stereocenters. The first-order valence-electron chi connectivity index (χ1n) is 6.33. The summed E-state index contributed by atoms with van der Waals surface area (Å²) in [6.07, 6.45) is 3.81. The van der Waals surface area contributed by atoms with Crippen LogP contribution in [0.25, 0.3) is 11.1 Å². The predicted molar refractivity (Wildman–Crippen MR) is 75.1 cm³/mol. The summed E-state index contributed by atoms with van der Waals surface area (Å²) in [4.78, 5) is 14.0. The smallest absolute Gasteiger partial charge is 0.236 e. The molecule has 1 aliphatic heterocycles. The lowest BCUT2D eigenvalue weighted by Crippen LogP contribution is -2.33. The highest BCUT2D eigenvalue weighted by molar-refractivity contribution is 6.07. The van der Waals surface area contributed by atoms with Crippen molar-refractivity contribution < 1.29 is 4.79 Å². The zero-order chi connectivity index (χ0) is 13.8. The molecule has 0 N–H and O–H groups in total. The largest absolute Gasteiger partial charge is 0.314 e. The Labute approximate surface area is 112 Å². The van der Waals surface area contributed by atoms with Gasteiger partial charge < -0.3 is 4.90 Å². The Morgan fingerprint density at radius 2 is 1.89 bits per heavy atom. The van der Waals surface area contributed by atoms with E-state index < -0.39 is 5.41 Å². The number of carbonyl (C=O) groups is 1. The van der Waals surface area contributed by atoms with Gasteiger partial charge in [-0.05, 0) is 31.0 Å². The molecule has 19 heavy (non-hydrogen) atoms. The Morgan fingerprint density at radius 3 is 2.53 bits per heavy atom. The molecular formula is C15H17N3O. The molecule has 4 nitrogen and oxygen atoms in total. The molecule has 1 amide bonds. The summed E-state index contributed by atoms with van der Waals surface area (Å²) in [7, 11) is 3.73. The van der Waals surface area contributed by atoms with Crippen molar-refractivity contribution >= 4 is 11.6 Å². The van der Waals surface area contributed by atoms with Gasteiger partial charge in [0, 0.05) is 31.5 Å².